The molecule has 1 N–H and O–H groups in total. The minimum absolute atomic E-state index is 0. The Morgan fingerprint density at radius 2 is 0.667 bits per heavy atom. The fourth-order valence-corrected chi connectivity index (χ4v) is 2.72. The van der Waals surface area contributed by atoms with E-state index in [2.05, 4.69) is 0 Å². The molecule has 7 nitrogen and oxygen atoms in total. The van der Waals surface area contributed by atoms with Gasteiger partial charge in [-0.2, -0.15) is 0 Å². The molecule has 0 aliphatic carbocycles. The first kappa shape index (κ1) is 37.9. The Bertz CT molecular complexity index is 1050. The number of hydrogen-bond acceptors (Lipinski definition) is 7. The summed E-state index contributed by atoms with van der Waals surface area (Å²) in [6.45, 7) is 0. The van der Waals surface area contributed by atoms with Crippen molar-refractivity contribution in [2.75, 3.05) is 0 Å². The smallest absolute Gasteiger partial charge is 0.550 e. The SMILES string of the molecule is O=C([O-])Cc1ccccc1.O=C([O-])Cc1ccccc1.O=C([O-])Cc1ccccc1.Oc1ccccc1.[Ag+].[Hg+2]. The fraction of sp³-hybridized carbons (Fsp3) is 0.100. The Morgan fingerprint density at radius 3 is 0.821 bits per heavy atom. The molecule has 0 fully saturated rings. The van der Waals surface area contributed by atoms with E-state index in [1.165, 1.54) is 0 Å². The molecule has 0 spiro atoms. The van der Waals surface area contributed by atoms with Crippen LogP contribution in [0.25, 0.3) is 0 Å². The van der Waals surface area contributed by atoms with Crippen LogP contribution in [0.2, 0.25) is 0 Å². The summed E-state index contributed by atoms with van der Waals surface area (Å²) in [6, 6.07) is 35.6. The zero-order chi connectivity index (χ0) is 27.3. The van der Waals surface area contributed by atoms with Gasteiger partial charge in [-0.3, -0.25) is 0 Å². The van der Waals surface area contributed by atoms with E-state index in [1.54, 1.807) is 97.1 Å². The van der Waals surface area contributed by atoms with Gasteiger partial charge in [-0.15, -0.1) is 0 Å². The van der Waals surface area contributed by atoms with Crippen molar-refractivity contribution in [1.82, 2.24) is 0 Å². The second kappa shape index (κ2) is 23.9. The van der Waals surface area contributed by atoms with Crippen LogP contribution in [-0.4, -0.2) is 23.0 Å². The van der Waals surface area contributed by atoms with Gasteiger partial charge in [-0.25, -0.2) is 0 Å². The summed E-state index contributed by atoms with van der Waals surface area (Å²) in [6.07, 6.45) is 0.00250. The van der Waals surface area contributed by atoms with E-state index in [-0.39, 0.29) is 69.3 Å². The van der Waals surface area contributed by atoms with Crippen molar-refractivity contribution in [3.8, 4) is 5.75 Å². The van der Waals surface area contributed by atoms with Crippen LogP contribution in [0.1, 0.15) is 16.7 Å². The summed E-state index contributed by atoms with van der Waals surface area (Å²) in [5, 5.41) is 38.8. The van der Waals surface area contributed by atoms with Gasteiger partial charge in [-0.1, -0.05) is 109 Å². The van der Waals surface area contributed by atoms with Gasteiger partial charge in [0.2, 0.25) is 0 Å². The number of phenols is 1. The van der Waals surface area contributed by atoms with Crippen LogP contribution in [0.3, 0.4) is 0 Å². The Balaban J connectivity index is 0. The molecule has 0 saturated heterocycles. The second-order valence-electron chi connectivity index (χ2n) is 7.44. The molecule has 4 aromatic rings. The van der Waals surface area contributed by atoms with E-state index in [4.69, 9.17) is 5.11 Å². The fourth-order valence-electron chi connectivity index (χ4n) is 2.72. The van der Waals surface area contributed by atoms with E-state index in [0.29, 0.717) is 5.75 Å². The molecule has 0 saturated carbocycles. The number of hydrogen-bond donors (Lipinski definition) is 1. The minimum Gasteiger partial charge on any atom is -0.550 e. The van der Waals surface area contributed by atoms with Gasteiger partial charge in [0, 0.05) is 37.2 Å². The van der Waals surface area contributed by atoms with Gasteiger partial charge in [0.1, 0.15) is 5.75 Å². The second-order valence-corrected chi connectivity index (χ2v) is 7.44. The predicted molar refractivity (Wildman–Crippen MR) is 134 cm³/mol. The first-order valence-electron chi connectivity index (χ1n) is 11.2. The Morgan fingerprint density at radius 1 is 0.462 bits per heavy atom. The molecule has 0 bridgehead atoms. The molecule has 0 atom stereocenters. The van der Waals surface area contributed by atoms with Crippen molar-refractivity contribution < 1.29 is 84.9 Å². The maximum Gasteiger partial charge on any atom is 2.00 e. The van der Waals surface area contributed by atoms with Crippen LogP contribution in [0.5, 0.6) is 5.75 Å². The summed E-state index contributed by atoms with van der Waals surface area (Å²) < 4.78 is 0. The Kier molecular flexibility index (Phi) is 23.2. The molecule has 0 aromatic heterocycles. The first-order chi connectivity index (χ1) is 17.8. The van der Waals surface area contributed by atoms with Crippen molar-refractivity contribution in [2.24, 2.45) is 0 Å². The Hall–Kier alpha value is -3.23. The third-order valence-corrected chi connectivity index (χ3v) is 4.33. The van der Waals surface area contributed by atoms with E-state index in [9.17, 15) is 29.7 Å². The van der Waals surface area contributed by atoms with E-state index >= 15 is 0 Å². The summed E-state index contributed by atoms with van der Waals surface area (Å²) in [5.74, 6) is -2.79. The Labute approximate surface area is 264 Å². The van der Waals surface area contributed by atoms with Crippen molar-refractivity contribution >= 4 is 17.9 Å². The van der Waals surface area contributed by atoms with E-state index in [0.717, 1.165) is 16.7 Å². The number of carboxylic acids is 3. The summed E-state index contributed by atoms with van der Waals surface area (Å²) in [4.78, 5) is 30.2. The van der Waals surface area contributed by atoms with Gasteiger partial charge in [0.15, 0.2) is 0 Å². The van der Waals surface area contributed by atoms with Crippen LogP contribution in [-0.2, 0) is 83.7 Å². The molecule has 0 heterocycles. The van der Waals surface area contributed by atoms with Crippen molar-refractivity contribution in [3.63, 3.8) is 0 Å². The molecular formula is C30H27AgHgO7. The summed E-state index contributed by atoms with van der Waals surface area (Å²) in [7, 11) is 0. The van der Waals surface area contributed by atoms with Gasteiger partial charge in [-0.05, 0) is 28.8 Å². The third-order valence-electron chi connectivity index (χ3n) is 4.33. The molecule has 0 aliphatic rings. The predicted octanol–water partition coefficient (Wildman–Crippen LogP) is 1.32. The van der Waals surface area contributed by atoms with Crippen molar-refractivity contribution in [1.29, 1.82) is 0 Å². The number of aromatic hydroxyl groups is 1. The maximum atomic E-state index is 10.1. The number of carboxylic acid groups (broad SMARTS) is 3. The standard InChI is InChI=1S/3C8H8O2.C6H6O.Ag.Hg/c3*9-8(10)6-7-4-2-1-3-5-7;7-6-4-2-1-3-5-6;;/h3*1-5H,6H2,(H,9,10);1-5,7H;;/q;;;;+1;+2/p-3. The maximum absolute atomic E-state index is 10.1. The van der Waals surface area contributed by atoms with Crippen LogP contribution < -0.4 is 15.3 Å². The average molecular weight is 808 g/mol. The van der Waals surface area contributed by atoms with Crippen LogP contribution in [0, 0.1) is 0 Å². The zero-order valence-electron chi connectivity index (χ0n) is 21.1. The number of phenolic OH excluding ortho intramolecular Hbond substituents is 1. The quantitative estimate of drug-likeness (QED) is 0.290. The normalized spacial score (nSPS) is 8.62. The number of aliphatic carboxylic acids is 3. The number of carbonyl (C=O) groups excluding carboxylic acids is 3. The van der Waals surface area contributed by atoms with Gasteiger partial charge in [0.05, 0.1) is 0 Å². The van der Waals surface area contributed by atoms with Crippen LogP contribution in [0.15, 0.2) is 121 Å². The van der Waals surface area contributed by atoms with Crippen molar-refractivity contribution in [3.05, 3.63) is 138 Å². The van der Waals surface area contributed by atoms with Gasteiger partial charge >= 0.3 is 50.0 Å². The zero-order valence-corrected chi connectivity index (χ0v) is 28.1. The topological polar surface area (TPSA) is 141 Å². The van der Waals surface area contributed by atoms with Crippen LogP contribution >= 0.6 is 0 Å². The first-order valence-corrected chi connectivity index (χ1v) is 11.2. The number of rotatable bonds is 6. The molecule has 4 rings (SSSR count). The van der Waals surface area contributed by atoms with Gasteiger partial charge < -0.3 is 34.8 Å². The molecule has 0 unspecified atom stereocenters. The molecule has 0 amide bonds. The number of benzene rings is 4. The molecule has 9 heteroatoms. The van der Waals surface area contributed by atoms with Crippen LogP contribution in [0.4, 0.5) is 0 Å². The minimum atomic E-state index is -1.04. The molecular weight excluding hydrogens is 781 g/mol. The number of carbonyl (C=O) groups is 3. The summed E-state index contributed by atoms with van der Waals surface area (Å²) >= 11 is 0. The largest absolute Gasteiger partial charge is 2.00 e. The van der Waals surface area contributed by atoms with E-state index in [1.807, 2.05) is 24.3 Å². The average Bonchev–Trinajstić information content (AvgIpc) is 2.86. The van der Waals surface area contributed by atoms with Crippen molar-refractivity contribution in [2.45, 2.75) is 19.3 Å². The van der Waals surface area contributed by atoms with Gasteiger partial charge in [0.25, 0.3) is 0 Å². The molecule has 0 aliphatic heterocycles. The monoisotopic (exact) mass is 808 g/mol. The molecule has 4 aromatic carbocycles. The molecule has 202 valence electrons. The molecule has 0 radical (unpaired) electrons. The van der Waals surface area contributed by atoms with E-state index < -0.39 is 17.9 Å². The summed E-state index contributed by atoms with van der Waals surface area (Å²) in [5.41, 5.74) is 2.34. The third kappa shape index (κ3) is 22.5. The number of para-hydroxylation sites is 1. The molecule has 39 heavy (non-hydrogen) atoms.